The van der Waals surface area contributed by atoms with Gasteiger partial charge >= 0.3 is 12.1 Å². The molecule has 0 aromatic carbocycles. The van der Waals surface area contributed by atoms with Gasteiger partial charge < -0.3 is 4.74 Å². The van der Waals surface area contributed by atoms with E-state index in [0.717, 1.165) is 6.42 Å². The maximum atomic E-state index is 12.0. The fourth-order valence-corrected chi connectivity index (χ4v) is 3.21. The van der Waals surface area contributed by atoms with Crippen LogP contribution in [0.3, 0.4) is 0 Å². The molecule has 22 heavy (non-hydrogen) atoms. The van der Waals surface area contributed by atoms with Crippen LogP contribution in [0.1, 0.15) is 59.8 Å². The lowest BCUT2D eigenvalue weighted by atomic mass is 10.1. The average Bonchev–Trinajstić information content (AvgIpc) is 2.36. The van der Waals surface area contributed by atoms with Crippen molar-refractivity contribution in [1.29, 1.82) is 0 Å². The van der Waals surface area contributed by atoms with Crippen molar-refractivity contribution < 1.29 is 22.7 Å². The van der Waals surface area contributed by atoms with Gasteiger partial charge in [-0.1, -0.05) is 34.1 Å². The number of alkyl halides is 3. The molecule has 6 heteroatoms. The van der Waals surface area contributed by atoms with E-state index in [2.05, 4.69) is 0 Å². The standard InChI is InChI=1S/C16H29F3O2S/c1-12(2)10-14(15(20)21-11-13(3)4)22-9-7-5-6-8-16(17,18)19/h12-14H,5-11H2,1-4H3. The third-order valence-electron chi connectivity index (χ3n) is 2.93. The molecule has 0 aliphatic rings. The first-order valence-corrected chi connectivity index (χ1v) is 9.01. The van der Waals surface area contributed by atoms with Crippen LogP contribution >= 0.6 is 11.8 Å². The van der Waals surface area contributed by atoms with Crippen LogP contribution in [0.25, 0.3) is 0 Å². The van der Waals surface area contributed by atoms with Gasteiger partial charge in [0.2, 0.25) is 0 Å². The van der Waals surface area contributed by atoms with Crippen LogP contribution in [0, 0.1) is 11.8 Å². The predicted octanol–water partition coefficient (Wildman–Crippen LogP) is 5.46. The molecule has 0 rings (SSSR count). The Hall–Kier alpha value is -0.390. The monoisotopic (exact) mass is 342 g/mol. The Morgan fingerprint density at radius 1 is 1.05 bits per heavy atom. The van der Waals surface area contributed by atoms with Crippen molar-refractivity contribution in [2.24, 2.45) is 11.8 Å². The number of carbonyl (C=O) groups excluding carboxylic acids is 1. The summed E-state index contributed by atoms with van der Waals surface area (Å²) in [5.41, 5.74) is 0. The second-order valence-corrected chi connectivity index (χ2v) is 7.75. The van der Waals surface area contributed by atoms with Gasteiger partial charge in [0, 0.05) is 6.42 Å². The van der Waals surface area contributed by atoms with E-state index in [0.29, 0.717) is 37.0 Å². The van der Waals surface area contributed by atoms with Gasteiger partial charge in [-0.2, -0.15) is 13.2 Å². The molecule has 0 amide bonds. The molecular formula is C16H29F3O2S. The van der Waals surface area contributed by atoms with Crippen molar-refractivity contribution in [2.75, 3.05) is 12.4 Å². The summed E-state index contributed by atoms with van der Waals surface area (Å²) in [4.78, 5) is 12.0. The number of hydrogen-bond donors (Lipinski definition) is 0. The molecule has 0 fully saturated rings. The average molecular weight is 342 g/mol. The van der Waals surface area contributed by atoms with Crippen molar-refractivity contribution >= 4 is 17.7 Å². The van der Waals surface area contributed by atoms with Crippen molar-refractivity contribution in [3.63, 3.8) is 0 Å². The maximum absolute atomic E-state index is 12.0. The van der Waals surface area contributed by atoms with E-state index < -0.39 is 12.6 Å². The molecule has 0 aromatic heterocycles. The van der Waals surface area contributed by atoms with Crippen molar-refractivity contribution in [3.05, 3.63) is 0 Å². The minimum absolute atomic E-state index is 0.163. The van der Waals surface area contributed by atoms with E-state index in [9.17, 15) is 18.0 Å². The molecule has 0 heterocycles. The molecular weight excluding hydrogens is 313 g/mol. The van der Waals surface area contributed by atoms with Crippen LogP contribution in [-0.2, 0) is 9.53 Å². The smallest absolute Gasteiger partial charge is 0.389 e. The van der Waals surface area contributed by atoms with E-state index in [1.165, 1.54) is 11.8 Å². The summed E-state index contributed by atoms with van der Waals surface area (Å²) >= 11 is 1.51. The van der Waals surface area contributed by atoms with E-state index >= 15 is 0 Å². The molecule has 1 atom stereocenters. The van der Waals surface area contributed by atoms with Crippen molar-refractivity contribution in [3.8, 4) is 0 Å². The lowest BCUT2D eigenvalue weighted by Crippen LogP contribution is -2.24. The van der Waals surface area contributed by atoms with Crippen molar-refractivity contribution in [1.82, 2.24) is 0 Å². The summed E-state index contributed by atoms with van der Waals surface area (Å²) in [6.07, 6.45) is -2.63. The van der Waals surface area contributed by atoms with Gasteiger partial charge in [0.05, 0.1) is 6.61 Å². The molecule has 132 valence electrons. The van der Waals surface area contributed by atoms with E-state index in [-0.39, 0.29) is 17.6 Å². The highest BCUT2D eigenvalue weighted by molar-refractivity contribution is 8.00. The topological polar surface area (TPSA) is 26.3 Å². The quantitative estimate of drug-likeness (QED) is 0.368. The molecule has 0 spiro atoms. The molecule has 2 nitrogen and oxygen atoms in total. The van der Waals surface area contributed by atoms with Gasteiger partial charge in [-0.3, -0.25) is 4.79 Å². The third kappa shape index (κ3) is 13.3. The highest BCUT2D eigenvalue weighted by Crippen LogP contribution is 2.25. The molecule has 1 unspecified atom stereocenters. The summed E-state index contributed by atoms with van der Waals surface area (Å²) in [6, 6.07) is 0. The Morgan fingerprint density at radius 2 is 1.68 bits per heavy atom. The first-order valence-electron chi connectivity index (χ1n) is 7.96. The van der Waals surface area contributed by atoms with E-state index in [1.54, 1.807) is 0 Å². The van der Waals surface area contributed by atoms with Crippen LogP contribution in [0.4, 0.5) is 13.2 Å². The Labute approximate surface area is 136 Å². The van der Waals surface area contributed by atoms with Gasteiger partial charge in [-0.15, -0.1) is 11.8 Å². The molecule has 0 aliphatic carbocycles. The summed E-state index contributed by atoms with van der Waals surface area (Å²) in [5.74, 6) is 1.19. The third-order valence-corrected chi connectivity index (χ3v) is 4.24. The van der Waals surface area contributed by atoms with Crippen LogP contribution in [0.15, 0.2) is 0 Å². The van der Waals surface area contributed by atoms with Gasteiger partial charge in [0.25, 0.3) is 0 Å². The van der Waals surface area contributed by atoms with Gasteiger partial charge in [-0.05, 0) is 36.9 Å². The molecule has 0 bridgehead atoms. The zero-order valence-corrected chi connectivity index (χ0v) is 14.9. The number of unbranched alkanes of at least 4 members (excludes halogenated alkanes) is 2. The molecule has 0 N–H and O–H groups in total. The summed E-state index contributed by atoms with van der Waals surface area (Å²) in [6.45, 7) is 8.48. The number of hydrogen-bond acceptors (Lipinski definition) is 3. The first kappa shape index (κ1) is 21.6. The highest BCUT2D eigenvalue weighted by atomic mass is 32.2. The number of rotatable bonds is 11. The minimum Gasteiger partial charge on any atom is -0.465 e. The Balaban J connectivity index is 4.01. The SMILES string of the molecule is CC(C)COC(=O)C(CC(C)C)SCCCCCC(F)(F)F. The van der Waals surface area contributed by atoms with Gasteiger partial charge in [-0.25, -0.2) is 0 Å². The maximum Gasteiger partial charge on any atom is 0.389 e. The lowest BCUT2D eigenvalue weighted by molar-refractivity contribution is -0.144. The number of ether oxygens (including phenoxy) is 1. The van der Waals surface area contributed by atoms with Crippen LogP contribution in [0.5, 0.6) is 0 Å². The Kier molecular flexibility index (Phi) is 11.0. The molecule has 0 radical (unpaired) electrons. The number of halogens is 3. The summed E-state index contributed by atoms with van der Waals surface area (Å²) in [7, 11) is 0. The van der Waals surface area contributed by atoms with Gasteiger partial charge in [0.15, 0.2) is 0 Å². The Morgan fingerprint density at radius 3 is 2.18 bits per heavy atom. The molecule has 0 aliphatic heterocycles. The predicted molar refractivity (Wildman–Crippen MR) is 86.0 cm³/mol. The van der Waals surface area contributed by atoms with E-state index in [4.69, 9.17) is 4.74 Å². The fourth-order valence-electron chi connectivity index (χ4n) is 1.83. The van der Waals surface area contributed by atoms with Gasteiger partial charge in [0.1, 0.15) is 5.25 Å². The zero-order valence-electron chi connectivity index (χ0n) is 14.0. The first-order chi connectivity index (χ1) is 10.1. The normalized spacial score (nSPS) is 13.7. The molecule has 0 aromatic rings. The second kappa shape index (κ2) is 11.2. The number of esters is 1. The highest BCUT2D eigenvalue weighted by Gasteiger charge is 2.26. The van der Waals surface area contributed by atoms with Crippen LogP contribution in [-0.4, -0.2) is 29.8 Å². The summed E-state index contributed by atoms with van der Waals surface area (Å²) < 4.78 is 41.4. The Bertz CT molecular complexity index is 304. The largest absolute Gasteiger partial charge is 0.465 e. The van der Waals surface area contributed by atoms with Crippen molar-refractivity contribution in [2.45, 2.75) is 71.2 Å². The zero-order chi connectivity index (χ0) is 17.2. The molecule has 0 saturated carbocycles. The molecule has 0 saturated heterocycles. The number of carbonyl (C=O) groups is 1. The minimum atomic E-state index is -4.06. The second-order valence-electron chi connectivity index (χ2n) is 6.44. The fraction of sp³-hybridized carbons (Fsp3) is 0.938. The van der Waals surface area contributed by atoms with Crippen LogP contribution in [0.2, 0.25) is 0 Å². The van der Waals surface area contributed by atoms with Crippen LogP contribution < -0.4 is 0 Å². The van der Waals surface area contributed by atoms with E-state index in [1.807, 2.05) is 27.7 Å². The summed E-state index contributed by atoms with van der Waals surface area (Å²) in [5, 5.41) is -0.207. The number of thioether (sulfide) groups is 1. The lowest BCUT2D eigenvalue weighted by Gasteiger charge is -2.18.